The van der Waals surface area contributed by atoms with Crippen molar-refractivity contribution in [2.24, 2.45) is 5.92 Å². The van der Waals surface area contributed by atoms with E-state index in [0.29, 0.717) is 0 Å². The lowest BCUT2D eigenvalue weighted by atomic mass is 10.2. The van der Waals surface area contributed by atoms with Gasteiger partial charge in [0.25, 0.3) is 0 Å². The summed E-state index contributed by atoms with van der Waals surface area (Å²) in [6.07, 6.45) is 7.29. The zero-order chi connectivity index (χ0) is 10.3. The van der Waals surface area contributed by atoms with Gasteiger partial charge in [-0.2, -0.15) is 0 Å². The fourth-order valence-corrected chi connectivity index (χ4v) is 2.51. The first kappa shape index (κ1) is 9.10. The van der Waals surface area contributed by atoms with E-state index in [2.05, 4.69) is 42.3 Å². The number of benzene rings is 1. The first-order chi connectivity index (χ1) is 7.31. The second-order valence-electron chi connectivity index (χ2n) is 4.16. The average Bonchev–Trinajstić information content (AvgIpc) is 2.96. The number of thiazole rings is 1. The average molecular weight is 215 g/mol. The quantitative estimate of drug-likeness (QED) is 0.737. The number of fused-ring (bicyclic) bond motifs is 1. The van der Waals surface area contributed by atoms with Crippen LogP contribution in [-0.2, 0) is 0 Å². The smallest absolute Gasteiger partial charge is 0.0907 e. The molecule has 0 saturated heterocycles. The third kappa shape index (κ3) is 1.95. The molecule has 3 rings (SSSR count). The Labute approximate surface area is 93.5 Å². The fourth-order valence-electron chi connectivity index (χ4n) is 1.70. The Kier molecular flexibility index (Phi) is 2.10. The summed E-state index contributed by atoms with van der Waals surface area (Å²) in [5.41, 5.74) is 2.41. The topological polar surface area (TPSA) is 12.9 Å². The molecule has 1 fully saturated rings. The van der Waals surface area contributed by atoms with Crippen molar-refractivity contribution in [3.05, 3.63) is 34.8 Å². The van der Waals surface area contributed by atoms with Crippen LogP contribution in [0.5, 0.6) is 0 Å². The van der Waals surface area contributed by atoms with Crippen LogP contribution in [-0.4, -0.2) is 4.98 Å². The molecule has 1 nitrogen and oxygen atoms in total. The van der Waals surface area contributed by atoms with Gasteiger partial charge in [0.05, 0.1) is 15.2 Å². The Morgan fingerprint density at radius 3 is 3.07 bits per heavy atom. The summed E-state index contributed by atoms with van der Waals surface area (Å²) in [6.45, 7) is 2.06. The van der Waals surface area contributed by atoms with Gasteiger partial charge < -0.3 is 0 Å². The minimum atomic E-state index is 0.845. The lowest BCUT2D eigenvalue weighted by Gasteiger charge is -1.92. The van der Waals surface area contributed by atoms with E-state index >= 15 is 0 Å². The van der Waals surface area contributed by atoms with E-state index in [1.54, 1.807) is 11.3 Å². The van der Waals surface area contributed by atoms with Crippen molar-refractivity contribution in [2.45, 2.75) is 19.8 Å². The van der Waals surface area contributed by atoms with Gasteiger partial charge >= 0.3 is 0 Å². The first-order valence-corrected chi connectivity index (χ1v) is 6.18. The second kappa shape index (κ2) is 3.46. The summed E-state index contributed by atoms with van der Waals surface area (Å²) in [5, 5.41) is 1.15. The molecule has 0 radical (unpaired) electrons. The molecule has 0 amide bonds. The van der Waals surface area contributed by atoms with E-state index in [4.69, 9.17) is 0 Å². The minimum Gasteiger partial charge on any atom is -0.241 e. The summed E-state index contributed by atoms with van der Waals surface area (Å²) in [6, 6.07) is 6.53. The van der Waals surface area contributed by atoms with Gasteiger partial charge in [-0.1, -0.05) is 18.2 Å². The number of aryl methyl sites for hydroxylation is 1. The Bertz CT molecular complexity index is 520. The molecule has 2 heteroatoms. The number of allylic oxidation sites excluding steroid dienone is 1. The molecule has 1 aliphatic carbocycles. The predicted octanol–water partition coefficient (Wildman–Crippen LogP) is 4.03. The minimum absolute atomic E-state index is 0.845. The van der Waals surface area contributed by atoms with E-state index in [9.17, 15) is 0 Å². The molecule has 1 saturated carbocycles. The highest BCUT2D eigenvalue weighted by molar-refractivity contribution is 7.18. The lowest BCUT2D eigenvalue weighted by molar-refractivity contribution is 1.13. The largest absolute Gasteiger partial charge is 0.241 e. The van der Waals surface area contributed by atoms with E-state index in [1.807, 2.05) is 0 Å². The molecule has 0 unspecified atom stereocenters. The summed E-state index contributed by atoms with van der Waals surface area (Å²) in [5.74, 6) is 0.845. The molecular formula is C13H13NS. The van der Waals surface area contributed by atoms with Gasteiger partial charge in [0.1, 0.15) is 0 Å². The molecule has 0 bridgehead atoms. The van der Waals surface area contributed by atoms with E-state index in [1.165, 1.54) is 23.1 Å². The molecule has 1 aliphatic rings. The molecule has 0 aliphatic heterocycles. The van der Waals surface area contributed by atoms with Gasteiger partial charge in [0.2, 0.25) is 0 Å². The van der Waals surface area contributed by atoms with E-state index in [0.717, 1.165) is 16.4 Å². The lowest BCUT2D eigenvalue weighted by Crippen LogP contribution is -1.73. The zero-order valence-corrected chi connectivity index (χ0v) is 9.55. The molecule has 15 heavy (non-hydrogen) atoms. The molecule has 1 aromatic heterocycles. The van der Waals surface area contributed by atoms with Gasteiger partial charge in [0, 0.05) is 0 Å². The number of hydrogen-bond donors (Lipinski definition) is 0. The van der Waals surface area contributed by atoms with Gasteiger partial charge in [-0.3, -0.25) is 0 Å². The van der Waals surface area contributed by atoms with Crippen LogP contribution in [0.15, 0.2) is 24.3 Å². The molecule has 0 N–H and O–H groups in total. The Hall–Kier alpha value is -1.15. The number of hydrogen-bond acceptors (Lipinski definition) is 2. The van der Waals surface area contributed by atoms with Crippen molar-refractivity contribution < 1.29 is 0 Å². The van der Waals surface area contributed by atoms with Crippen molar-refractivity contribution >= 4 is 27.6 Å². The van der Waals surface area contributed by atoms with Crippen LogP contribution >= 0.6 is 11.3 Å². The maximum atomic E-state index is 4.50. The van der Waals surface area contributed by atoms with Crippen molar-refractivity contribution in [3.8, 4) is 0 Å². The standard InChI is InChI=1S/C13H13NS/c1-9-14-12-8-11(5-4-10-2-3-10)6-7-13(12)15-9/h4-8,10H,2-3H2,1H3/b5-4+. The molecule has 1 aromatic carbocycles. The van der Waals surface area contributed by atoms with Gasteiger partial charge in [-0.05, 0) is 43.4 Å². The maximum Gasteiger partial charge on any atom is 0.0907 e. The molecule has 0 spiro atoms. The van der Waals surface area contributed by atoms with Crippen LogP contribution in [0.2, 0.25) is 0 Å². The van der Waals surface area contributed by atoms with Crippen LogP contribution in [0.1, 0.15) is 23.4 Å². The SMILES string of the molecule is Cc1nc2cc(/C=C/C3CC3)ccc2s1. The van der Waals surface area contributed by atoms with Crippen LogP contribution in [0.25, 0.3) is 16.3 Å². The van der Waals surface area contributed by atoms with Crippen molar-refractivity contribution in [1.29, 1.82) is 0 Å². The molecule has 76 valence electrons. The van der Waals surface area contributed by atoms with Crippen LogP contribution in [0.4, 0.5) is 0 Å². The first-order valence-electron chi connectivity index (χ1n) is 5.37. The summed E-state index contributed by atoms with van der Waals surface area (Å²) < 4.78 is 1.29. The molecule has 2 aromatic rings. The molecular weight excluding hydrogens is 202 g/mol. The highest BCUT2D eigenvalue weighted by atomic mass is 32.1. The predicted molar refractivity (Wildman–Crippen MR) is 66.1 cm³/mol. The molecule has 0 atom stereocenters. The van der Waals surface area contributed by atoms with Crippen LogP contribution in [0.3, 0.4) is 0 Å². The number of rotatable bonds is 2. The fraction of sp³-hybridized carbons (Fsp3) is 0.308. The van der Waals surface area contributed by atoms with E-state index < -0.39 is 0 Å². The Balaban J connectivity index is 1.97. The molecule has 1 heterocycles. The maximum absolute atomic E-state index is 4.50. The van der Waals surface area contributed by atoms with Crippen molar-refractivity contribution in [1.82, 2.24) is 4.98 Å². The van der Waals surface area contributed by atoms with E-state index in [-0.39, 0.29) is 0 Å². The van der Waals surface area contributed by atoms with Crippen LogP contribution in [0, 0.1) is 12.8 Å². The highest BCUT2D eigenvalue weighted by Crippen LogP contribution is 2.31. The van der Waals surface area contributed by atoms with Crippen molar-refractivity contribution in [2.75, 3.05) is 0 Å². The number of nitrogens with zero attached hydrogens (tertiary/aromatic N) is 1. The Morgan fingerprint density at radius 2 is 2.27 bits per heavy atom. The summed E-state index contributed by atoms with van der Waals surface area (Å²) in [7, 11) is 0. The number of aromatic nitrogens is 1. The summed E-state index contributed by atoms with van der Waals surface area (Å²) >= 11 is 1.76. The normalized spacial score (nSPS) is 16.6. The third-order valence-electron chi connectivity index (χ3n) is 2.70. The van der Waals surface area contributed by atoms with Gasteiger partial charge in [-0.15, -0.1) is 11.3 Å². The summed E-state index contributed by atoms with van der Waals surface area (Å²) in [4.78, 5) is 4.50. The highest BCUT2D eigenvalue weighted by Gasteiger charge is 2.16. The second-order valence-corrected chi connectivity index (χ2v) is 5.39. The monoisotopic (exact) mass is 215 g/mol. The van der Waals surface area contributed by atoms with Gasteiger partial charge in [-0.25, -0.2) is 4.98 Å². The third-order valence-corrected chi connectivity index (χ3v) is 3.65. The Morgan fingerprint density at radius 1 is 1.40 bits per heavy atom. The van der Waals surface area contributed by atoms with Crippen molar-refractivity contribution in [3.63, 3.8) is 0 Å². The van der Waals surface area contributed by atoms with Gasteiger partial charge in [0.15, 0.2) is 0 Å². The zero-order valence-electron chi connectivity index (χ0n) is 8.73. The van der Waals surface area contributed by atoms with Crippen LogP contribution < -0.4 is 0 Å².